The third-order valence-electron chi connectivity index (χ3n) is 2.63. The number of hydrogen-bond acceptors (Lipinski definition) is 1. The van der Waals surface area contributed by atoms with E-state index in [1.54, 1.807) is 0 Å². The number of carbonyl (C=O) groups is 1. The predicted molar refractivity (Wildman–Crippen MR) is 78.6 cm³/mol. The van der Waals surface area contributed by atoms with Gasteiger partial charge in [0, 0.05) is 10.0 Å². The zero-order chi connectivity index (χ0) is 13.0. The summed E-state index contributed by atoms with van der Waals surface area (Å²) in [4.78, 5) is 12.2. The molecule has 90 valence electrons. The van der Waals surface area contributed by atoms with Gasteiger partial charge < -0.3 is 0 Å². The van der Waals surface area contributed by atoms with Gasteiger partial charge in [-0.05, 0) is 36.3 Å². The van der Waals surface area contributed by atoms with Crippen LogP contribution in [0.2, 0.25) is 0 Å². The molecule has 1 nitrogen and oxygen atoms in total. The topological polar surface area (TPSA) is 17.1 Å². The Morgan fingerprint density at radius 2 is 1.78 bits per heavy atom. The van der Waals surface area contributed by atoms with E-state index in [0.717, 1.165) is 15.6 Å². The number of hydrogen-bond donors (Lipinski definition) is 0. The molecule has 2 heteroatoms. The molecule has 0 radical (unpaired) electrons. The maximum Gasteiger partial charge on any atom is 0.188 e. The van der Waals surface area contributed by atoms with E-state index < -0.39 is 0 Å². The fourth-order valence-electron chi connectivity index (χ4n) is 1.72. The summed E-state index contributed by atoms with van der Waals surface area (Å²) in [5.74, 6) is 0.0557. The Bertz CT molecular complexity index is 585. The van der Waals surface area contributed by atoms with E-state index in [1.807, 2.05) is 67.6 Å². The summed E-state index contributed by atoms with van der Waals surface area (Å²) in [5.41, 5.74) is 2.48. The van der Waals surface area contributed by atoms with Crippen LogP contribution in [0.15, 0.2) is 64.6 Å². The van der Waals surface area contributed by atoms with Crippen LogP contribution in [0.4, 0.5) is 0 Å². The van der Waals surface area contributed by atoms with Crippen LogP contribution in [0.1, 0.15) is 22.8 Å². The minimum atomic E-state index is 0.0557. The summed E-state index contributed by atoms with van der Waals surface area (Å²) in [7, 11) is 0. The summed E-state index contributed by atoms with van der Waals surface area (Å²) in [5, 5.41) is 0. The molecule has 0 saturated carbocycles. The smallest absolute Gasteiger partial charge is 0.188 e. The molecule has 0 aliphatic carbocycles. The van der Waals surface area contributed by atoms with Gasteiger partial charge in [-0.15, -0.1) is 0 Å². The van der Waals surface area contributed by atoms with Gasteiger partial charge in [0.15, 0.2) is 5.78 Å². The fraction of sp³-hybridized carbons (Fsp3) is 0.0625. The Morgan fingerprint density at radius 1 is 1.06 bits per heavy atom. The normalized spacial score (nSPS) is 11.3. The highest BCUT2D eigenvalue weighted by Crippen LogP contribution is 2.16. The fourth-order valence-corrected chi connectivity index (χ4v) is 2.12. The molecule has 2 aromatic rings. The highest BCUT2D eigenvalue weighted by molar-refractivity contribution is 9.10. The van der Waals surface area contributed by atoms with Crippen molar-refractivity contribution in [1.82, 2.24) is 0 Å². The number of Topliss-reactive ketones (excluding diaryl/α,β-unsaturated/α-hetero) is 1. The molecule has 0 amide bonds. The van der Waals surface area contributed by atoms with Crippen LogP contribution in [0, 0.1) is 0 Å². The molecule has 0 N–H and O–H groups in total. The quantitative estimate of drug-likeness (QED) is 0.591. The van der Waals surface area contributed by atoms with E-state index in [4.69, 9.17) is 0 Å². The van der Waals surface area contributed by atoms with Crippen LogP contribution in [-0.2, 0) is 0 Å². The monoisotopic (exact) mass is 300 g/mol. The van der Waals surface area contributed by atoms with Crippen LogP contribution >= 0.6 is 15.9 Å². The van der Waals surface area contributed by atoms with Crippen LogP contribution in [0.25, 0.3) is 6.08 Å². The van der Waals surface area contributed by atoms with Crippen molar-refractivity contribution in [1.29, 1.82) is 0 Å². The van der Waals surface area contributed by atoms with Crippen molar-refractivity contribution in [2.24, 2.45) is 0 Å². The van der Waals surface area contributed by atoms with Gasteiger partial charge in [-0.25, -0.2) is 0 Å². The van der Waals surface area contributed by atoms with E-state index in [1.165, 1.54) is 0 Å². The van der Waals surface area contributed by atoms with Gasteiger partial charge in [0.1, 0.15) is 0 Å². The molecule has 0 bridgehead atoms. The van der Waals surface area contributed by atoms with Crippen LogP contribution in [0.3, 0.4) is 0 Å². The van der Waals surface area contributed by atoms with Crippen LogP contribution in [0.5, 0.6) is 0 Å². The number of carbonyl (C=O) groups excluding carboxylic acids is 1. The van der Waals surface area contributed by atoms with Crippen molar-refractivity contribution in [3.63, 3.8) is 0 Å². The van der Waals surface area contributed by atoms with E-state index >= 15 is 0 Å². The molecule has 0 aliphatic rings. The van der Waals surface area contributed by atoms with Gasteiger partial charge in [0.05, 0.1) is 0 Å². The first-order valence-electron chi connectivity index (χ1n) is 5.70. The first-order valence-corrected chi connectivity index (χ1v) is 6.50. The predicted octanol–water partition coefficient (Wildman–Crippen LogP) is 4.74. The van der Waals surface area contributed by atoms with Gasteiger partial charge in [0.2, 0.25) is 0 Å². The zero-order valence-corrected chi connectivity index (χ0v) is 11.6. The maximum absolute atomic E-state index is 12.2. The number of benzene rings is 2. The summed E-state index contributed by atoms with van der Waals surface area (Å²) in [6.45, 7) is 1.84. The minimum Gasteiger partial charge on any atom is -0.289 e. The Balaban J connectivity index is 2.27. The first-order chi connectivity index (χ1) is 8.66. The van der Waals surface area contributed by atoms with Crippen molar-refractivity contribution in [2.75, 3.05) is 0 Å². The molecule has 0 heterocycles. The minimum absolute atomic E-state index is 0.0557. The van der Waals surface area contributed by atoms with Crippen molar-refractivity contribution in [2.45, 2.75) is 6.92 Å². The molecule has 0 aromatic heterocycles. The van der Waals surface area contributed by atoms with Crippen molar-refractivity contribution < 1.29 is 4.79 Å². The summed E-state index contributed by atoms with van der Waals surface area (Å²) in [6, 6.07) is 17.3. The van der Waals surface area contributed by atoms with Crippen molar-refractivity contribution in [3.05, 3.63) is 75.8 Å². The molecule has 18 heavy (non-hydrogen) atoms. The number of halogens is 1. The molecular formula is C16H13BrO. The lowest BCUT2D eigenvalue weighted by Crippen LogP contribution is -2.00. The van der Waals surface area contributed by atoms with E-state index in [-0.39, 0.29) is 5.78 Å². The van der Waals surface area contributed by atoms with Gasteiger partial charge in [-0.2, -0.15) is 0 Å². The molecule has 2 rings (SSSR count). The second-order valence-corrected chi connectivity index (χ2v) is 4.99. The SMILES string of the molecule is C/C(=C\c1ccccc1)C(=O)c1cccc(Br)c1. The van der Waals surface area contributed by atoms with Gasteiger partial charge >= 0.3 is 0 Å². The highest BCUT2D eigenvalue weighted by Gasteiger charge is 2.08. The van der Waals surface area contributed by atoms with E-state index in [2.05, 4.69) is 15.9 Å². The Hall–Kier alpha value is -1.67. The average Bonchev–Trinajstić information content (AvgIpc) is 2.39. The third kappa shape index (κ3) is 3.17. The lowest BCUT2D eigenvalue weighted by atomic mass is 10.0. The van der Waals surface area contributed by atoms with Gasteiger partial charge in [-0.1, -0.05) is 58.4 Å². The zero-order valence-electron chi connectivity index (χ0n) is 10.1. The number of rotatable bonds is 3. The van der Waals surface area contributed by atoms with Crippen molar-refractivity contribution >= 4 is 27.8 Å². The van der Waals surface area contributed by atoms with Gasteiger partial charge in [0.25, 0.3) is 0 Å². The third-order valence-corrected chi connectivity index (χ3v) is 3.12. The molecule has 0 aliphatic heterocycles. The lowest BCUT2D eigenvalue weighted by molar-refractivity contribution is 0.103. The Kier molecular flexibility index (Phi) is 4.11. The number of ketones is 1. The molecule has 0 unspecified atom stereocenters. The van der Waals surface area contributed by atoms with Crippen molar-refractivity contribution in [3.8, 4) is 0 Å². The average molecular weight is 301 g/mol. The molecular weight excluding hydrogens is 288 g/mol. The molecule has 0 fully saturated rings. The molecule has 0 saturated heterocycles. The molecule has 0 spiro atoms. The summed E-state index contributed by atoms with van der Waals surface area (Å²) in [6.07, 6.45) is 1.91. The van der Waals surface area contributed by atoms with Crippen LogP contribution in [-0.4, -0.2) is 5.78 Å². The first kappa shape index (κ1) is 12.8. The standard InChI is InChI=1S/C16H13BrO/c1-12(10-13-6-3-2-4-7-13)16(18)14-8-5-9-15(17)11-14/h2-11H,1H3/b12-10+. The maximum atomic E-state index is 12.2. The van der Waals surface area contributed by atoms with Gasteiger partial charge in [-0.3, -0.25) is 4.79 Å². The lowest BCUT2D eigenvalue weighted by Gasteiger charge is -2.02. The largest absolute Gasteiger partial charge is 0.289 e. The summed E-state index contributed by atoms with van der Waals surface area (Å²) >= 11 is 3.37. The van der Waals surface area contributed by atoms with E-state index in [9.17, 15) is 4.79 Å². The Labute approximate surface area is 115 Å². The van der Waals surface area contributed by atoms with E-state index in [0.29, 0.717) is 5.56 Å². The number of allylic oxidation sites excluding steroid dienone is 1. The Morgan fingerprint density at radius 3 is 2.44 bits per heavy atom. The molecule has 2 aromatic carbocycles. The summed E-state index contributed by atoms with van der Waals surface area (Å²) < 4.78 is 0.917. The molecule has 0 atom stereocenters. The van der Waals surface area contributed by atoms with Crippen LogP contribution < -0.4 is 0 Å². The second-order valence-electron chi connectivity index (χ2n) is 4.08. The highest BCUT2D eigenvalue weighted by atomic mass is 79.9. The second kappa shape index (κ2) is 5.78.